The summed E-state index contributed by atoms with van der Waals surface area (Å²) in [5.74, 6) is -0.337. The second-order valence-electron chi connectivity index (χ2n) is 6.93. The van der Waals surface area contributed by atoms with Crippen molar-refractivity contribution >= 4 is 50.4 Å². The van der Waals surface area contributed by atoms with Crippen LogP contribution in [0.5, 0.6) is 0 Å². The molecule has 0 saturated heterocycles. The Balaban J connectivity index is 1.78. The zero-order valence-corrected chi connectivity index (χ0v) is 20.0. The summed E-state index contributed by atoms with van der Waals surface area (Å²) >= 11 is 4.77. The molecule has 8 heteroatoms. The first kappa shape index (κ1) is 23.1. The molecular formula is C23H24BrN3O3S. The van der Waals surface area contributed by atoms with E-state index in [9.17, 15) is 9.59 Å². The number of esters is 1. The smallest absolute Gasteiger partial charge is 0.338 e. The van der Waals surface area contributed by atoms with E-state index < -0.39 is 12.0 Å². The van der Waals surface area contributed by atoms with Gasteiger partial charge in [0.25, 0.3) is 0 Å². The van der Waals surface area contributed by atoms with Gasteiger partial charge in [0.15, 0.2) is 5.17 Å². The number of anilines is 1. The van der Waals surface area contributed by atoms with Gasteiger partial charge in [-0.15, -0.1) is 0 Å². The molecule has 2 N–H and O–H groups in total. The Bertz CT molecular complexity index is 1050. The van der Waals surface area contributed by atoms with Crippen molar-refractivity contribution in [3.63, 3.8) is 0 Å². The second-order valence-corrected chi connectivity index (χ2v) is 8.81. The summed E-state index contributed by atoms with van der Waals surface area (Å²) in [5.41, 5.74) is 3.79. The molecule has 162 valence electrons. The van der Waals surface area contributed by atoms with E-state index in [1.165, 1.54) is 11.8 Å². The summed E-state index contributed by atoms with van der Waals surface area (Å²) in [6.45, 7) is 5.82. The number of carbonyl (C=O) groups excluding carboxylic acids is 2. The van der Waals surface area contributed by atoms with Gasteiger partial charge in [0.05, 0.1) is 17.9 Å². The van der Waals surface area contributed by atoms with Crippen LogP contribution in [-0.2, 0) is 14.3 Å². The minimum Gasteiger partial charge on any atom is -0.463 e. The standard InChI is InChI=1S/C23H24BrN3O3S/c1-4-30-22(29)20-15(3)25-23(27-21(20)16-9-7-10-17(24)12-16)31-13-19(28)26-18-11-6-5-8-14(18)2/h5-12,21H,4,13H2,1-3H3,(H,25,27)(H,26,28)/t21-/m1/s1. The number of halogens is 1. The van der Waals surface area contributed by atoms with Crippen molar-refractivity contribution in [1.82, 2.24) is 5.32 Å². The van der Waals surface area contributed by atoms with Gasteiger partial charge in [-0.3, -0.25) is 4.79 Å². The van der Waals surface area contributed by atoms with Gasteiger partial charge < -0.3 is 15.4 Å². The number of carbonyl (C=O) groups is 2. The summed E-state index contributed by atoms with van der Waals surface area (Å²) in [4.78, 5) is 29.8. The number of nitrogens with zero attached hydrogens (tertiary/aromatic N) is 1. The first-order chi connectivity index (χ1) is 14.9. The van der Waals surface area contributed by atoms with Crippen LogP contribution in [0.3, 0.4) is 0 Å². The summed E-state index contributed by atoms with van der Waals surface area (Å²) in [7, 11) is 0. The Morgan fingerprint density at radius 2 is 1.97 bits per heavy atom. The van der Waals surface area contributed by atoms with Crippen molar-refractivity contribution in [2.24, 2.45) is 4.99 Å². The van der Waals surface area contributed by atoms with Crippen LogP contribution in [0.25, 0.3) is 0 Å². The highest BCUT2D eigenvalue weighted by molar-refractivity contribution is 9.10. The molecule has 0 aromatic heterocycles. The fourth-order valence-corrected chi connectivity index (χ4v) is 4.31. The van der Waals surface area contributed by atoms with E-state index in [0.29, 0.717) is 16.4 Å². The lowest BCUT2D eigenvalue weighted by Gasteiger charge is -2.25. The molecule has 0 bridgehead atoms. The Kier molecular flexibility index (Phi) is 7.92. The van der Waals surface area contributed by atoms with Crippen LogP contribution in [0.2, 0.25) is 0 Å². The lowest BCUT2D eigenvalue weighted by Crippen LogP contribution is -2.31. The number of thioether (sulfide) groups is 1. The average molecular weight is 502 g/mol. The number of aliphatic imine (C=N–C) groups is 1. The van der Waals surface area contributed by atoms with Crippen molar-refractivity contribution in [2.75, 3.05) is 17.7 Å². The summed E-state index contributed by atoms with van der Waals surface area (Å²) < 4.78 is 6.15. The zero-order chi connectivity index (χ0) is 22.4. The molecule has 1 atom stereocenters. The second kappa shape index (κ2) is 10.6. The highest BCUT2D eigenvalue weighted by atomic mass is 79.9. The summed E-state index contributed by atoms with van der Waals surface area (Å²) in [6.07, 6.45) is 0. The van der Waals surface area contributed by atoms with Gasteiger partial charge in [-0.1, -0.05) is 58.0 Å². The maximum Gasteiger partial charge on any atom is 0.338 e. The number of hydrogen-bond donors (Lipinski definition) is 2. The molecule has 0 aliphatic carbocycles. The number of nitrogens with one attached hydrogen (secondary N) is 2. The molecule has 0 fully saturated rings. The lowest BCUT2D eigenvalue weighted by atomic mass is 9.97. The van der Waals surface area contributed by atoms with E-state index in [0.717, 1.165) is 21.3 Å². The quantitative estimate of drug-likeness (QED) is 0.546. The largest absolute Gasteiger partial charge is 0.463 e. The number of rotatable bonds is 6. The Morgan fingerprint density at radius 3 is 2.68 bits per heavy atom. The SMILES string of the molecule is CCOC(=O)C1=C(C)NC(SCC(=O)Nc2ccccc2C)=N[C@@H]1c1cccc(Br)c1. The Hall–Kier alpha value is -2.58. The van der Waals surface area contributed by atoms with Crippen LogP contribution < -0.4 is 10.6 Å². The highest BCUT2D eigenvalue weighted by Crippen LogP contribution is 2.34. The normalized spacial score (nSPS) is 15.7. The number of allylic oxidation sites excluding steroid dienone is 1. The highest BCUT2D eigenvalue weighted by Gasteiger charge is 2.30. The molecular weight excluding hydrogens is 478 g/mol. The van der Waals surface area contributed by atoms with Gasteiger partial charge in [-0.25, -0.2) is 9.79 Å². The van der Waals surface area contributed by atoms with Gasteiger partial charge in [0.1, 0.15) is 6.04 Å². The van der Waals surface area contributed by atoms with Gasteiger partial charge >= 0.3 is 5.97 Å². The van der Waals surface area contributed by atoms with Crippen molar-refractivity contribution < 1.29 is 14.3 Å². The monoisotopic (exact) mass is 501 g/mol. The lowest BCUT2D eigenvalue weighted by molar-refractivity contribution is -0.139. The third-order valence-electron chi connectivity index (χ3n) is 4.64. The van der Waals surface area contributed by atoms with Crippen LogP contribution in [0.15, 0.2) is 69.3 Å². The topological polar surface area (TPSA) is 79.8 Å². The molecule has 0 radical (unpaired) electrons. The van der Waals surface area contributed by atoms with E-state index in [1.807, 2.05) is 62.4 Å². The fraction of sp³-hybridized carbons (Fsp3) is 0.261. The molecule has 0 unspecified atom stereocenters. The van der Waals surface area contributed by atoms with E-state index in [1.54, 1.807) is 6.92 Å². The predicted molar refractivity (Wildman–Crippen MR) is 129 cm³/mol. The van der Waals surface area contributed by atoms with Crippen LogP contribution >= 0.6 is 27.7 Å². The van der Waals surface area contributed by atoms with Crippen molar-refractivity contribution in [1.29, 1.82) is 0 Å². The first-order valence-electron chi connectivity index (χ1n) is 9.85. The van der Waals surface area contributed by atoms with Crippen LogP contribution in [0.4, 0.5) is 5.69 Å². The number of benzene rings is 2. The minimum absolute atomic E-state index is 0.124. The predicted octanol–water partition coefficient (Wildman–Crippen LogP) is 4.97. The minimum atomic E-state index is -0.514. The molecule has 3 rings (SSSR count). The van der Waals surface area contributed by atoms with Gasteiger partial charge in [-0.05, 0) is 50.1 Å². The average Bonchev–Trinajstić information content (AvgIpc) is 2.73. The molecule has 2 aromatic carbocycles. The third kappa shape index (κ3) is 5.98. The molecule has 1 aliphatic rings. The van der Waals surface area contributed by atoms with Crippen LogP contribution in [0, 0.1) is 6.92 Å². The Morgan fingerprint density at radius 1 is 1.19 bits per heavy atom. The molecule has 6 nitrogen and oxygen atoms in total. The number of hydrogen-bond acceptors (Lipinski definition) is 6. The van der Waals surface area contributed by atoms with E-state index in [2.05, 4.69) is 26.6 Å². The van der Waals surface area contributed by atoms with Crippen LogP contribution in [0.1, 0.15) is 31.0 Å². The van der Waals surface area contributed by atoms with Gasteiger partial charge in [0, 0.05) is 15.9 Å². The van der Waals surface area contributed by atoms with E-state index in [4.69, 9.17) is 9.73 Å². The molecule has 0 saturated carbocycles. The molecule has 1 aliphatic heterocycles. The molecule has 31 heavy (non-hydrogen) atoms. The van der Waals surface area contributed by atoms with Crippen molar-refractivity contribution in [3.05, 3.63) is 75.4 Å². The number of amides is 1. The van der Waals surface area contributed by atoms with Crippen LogP contribution in [-0.4, -0.2) is 29.4 Å². The van der Waals surface area contributed by atoms with Gasteiger partial charge in [0.2, 0.25) is 5.91 Å². The maximum atomic E-state index is 12.6. The fourth-order valence-electron chi connectivity index (χ4n) is 3.15. The van der Waals surface area contributed by atoms with E-state index in [-0.39, 0.29) is 18.3 Å². The summed E-state index contributed by atoms with van der Waals surface area (Å²) in [5, 5.41) is 6.65. The molecule has 1 amide bonds. The number of aryl methyl sites for hydroxylation is 1. The van der Waals surface area contributed by atoms with Crippen molar-refractivity contribution in [3.8, 4) is 0 Å². The number of ether oxygens (including phenoxy) is 1. The molecule has 1 heterocycles. The van der Waals surface area contributed by atoms with E-state index >= 15 is 0 Å². The molecule has 0 spiro atoms. The third-order valence-corrected chi connectivity index (χ3v) is 6.02. The number of para-hydroxylation sites is 1. The van der Waals surface area contributed by atoms with Gasteiger partial charge in [-0.2, -0.15) is 0 Å². The zero-order valence-electron chi connectivity index (χ0n) is 17.6. The summed E-state index contributed by atoms with van der Waals surface area (Å²) in [6, 6.07) is 14.8. The first-order valence-corrected chi connectivity index (χ1v) is 11.6. The Labute approximate surface area is 194 Å². The molecule has 2 aromatic rings. The maximum absolute atomic E-state index is 12.6. The van der Waals surface area contributed by atoms with Crippen molar-refractivity contribution in [2.45, 2.75) is 26.8 Å². The number of amidine groups is 1.